The van der Waals surface area contributed by atoms with Gasteiger partial charge in [0, 0.05) is 13.1 Å². The highest BCUT2D eigenvalue weighted by Crippen LogP contribution is 2.16. The van der Waals surface area contributed by atoms with Gasteiger partial charge in [-0.05, 0) is 32.2 Å². The summed E-state index contributed by atoms with van der Waals surface area (Å²) in [5.74, 6) is 0.577. The summed E-state index contributed by atoms with van der Waals surface area (Å²) in [7, 11) is 0. The van der Waals surface area contributed by atoms with Crippen molar-refractivity contribution in [1.82, 2.24) is 9.80 Å². The first-order valence-corrected chi connectivity index (χ1v) is 7.22. The van der Waals surface area contributed by atoms with Crippen LogP contribution in [0.25, 0.3) is 0 Å². The molecule has 0 bridgehead atoms. The Balaban J connectivity index is 2.38. The first-order chi connectivity index (χ1) is 9.06. The number of piperidine rings is 1. The van der Waals surface area contributed by atoms with Gasteiger partial charge in [0.2, 0.25) is 5.91 Å². The second-order valence-corrected chi connectivity index (χ2v) is 5.17. The number of carbonyl (C=O) groups excluding carboxylic acids is 2. The quantitative estimate of drug-likeness (QED) is 0.679. The van der Waals surface area contributed by atoms with Crippen molar-refractivity contribution in [3.8, 4) is 0 Å². The summed E-state index contributed by atoms with van der Waals surface area (Å²) >= 11 is 0. The zero-order valence-corrected chi connectivity index (χ0v) is 12.4. The van der Waals surface area contributed by atoms with E-state index in [0.29, 0.717) is 25.6 Å². The van der Waals surface area contributed by atoms with Crippen molar-refractivity contribution < 1.29 is 14.3 Å². The number of hydrogen-bond acceptors (Lipinski definition) is 4. The van der Waals surface area contributed by atoms with Gasteiger partial charge in [0.25, 0.3) is 0 Å². The van der Waals surface area contributed by atoms with Crippen LogP contribution in [0.3, 0.4) is 0 Å². The van der Waals surface area contributed by atoms with E-state index in [2.05, 4.69) is 6.92 Å². The molecule has 1 amide bonds. The maximum absolute atomic E-state index is 12.1. The standard InChI is InChI=1S/C14H26N2O3/c1-4-15(11-14(18)19-5-2)10-13(17)16-8-6-12(3)7-9-16/h12H,4-11H2,1-3H3. The van der Waals surface area contributed by atoms with E-state index in [9.17, 15) is 9.59 Å². The molecule has 1 aliphatic heterocycles. The van der Waals surface area contributed by atoms with Gasteiger partial charge in [-0.3, -0.25) is 14.5 Å². The monoisotopic (exact) mass is 270 g/mol. The molecule has 0 N–H and O–H groups in total. The van der Waals surface area contributed by atoms with Gasteiger partial charge in [0.05, 0.1) is 19.7 Å². The van der Waals surface area contributed by atoms with E-state index in [1.54, 1.807) is 6.92 Å². The highest BCUT2D eigenvalue weighted by atomic mass is 16.5. The van der Waals surface area contributed by atoms with Crippen molar-refractivity contribution in [3.63, 3.8) is 0 Å². The van der Waals surface area contributed by atoms with Gasteiger partial charge in [-0.2, -0.15) is 0 Å². The molecule has 1 heterocycles. The Bertz CT molecular complexity index is 299. The second kappa shape index (κ2) is 8.15. The Morgan fingerprint density at radius 3 is 2.37 bits per heavy atom. The van der Waals surface area contributed by atoms with Crippen LogP contribution >= 0.6 is 0 Å². The molecule has 0 atom stereocenters. The number of carbonyl (C=O) groups is 2. The van der Waals surface area contributed by atoms with Crippen molar-refractivity contribution in [2.75, 3.05) is 39.3 Å². The predicted octanol–water partition coefficient (Wildman–Crippen LogP) is 1.13. The van der Waals surface area contributed by atoms with Crippen LogP contribution in [0.1, 0.15) is 33.6 Å². The van der Waals surface area contributed by atoms with E-state index in [4.69, 9.17) is 4.74 Å². The summed E-state index contributed by atoms with van der Waals surface area (Å²) in [6.45, 7) is 9.21. The smallest absolute Gasteiger partial charge is 0.320 e. The lowest BCUT2D eigenvalue weighted by Gasteiger charge is -2.32. The average Bonchev–Trinajstić information content (AvgIpc) is 2.38. The Morgan fingerprint density at radius 1 is 1.21 bits per heavy atom. The number of esters is 1. The molecule has 0 unspecified atom stereocenters. The Kier molecular flexibility index (Phi) is 6.84. The van der Waals surface area contributed by atoms with Gasteiger partial charge in [-0.1, -0.05) is 13.8 Å². The van der Waals surface area contributed by atoms with Crippen LogP contribution in [0.15, 0.2) is 0 Å². The number of likely N-dealkylation sites (tertiary alicyclic amines) is 1. The summed E-state index contributed by atoms with van der Waals surface area (Å²) in [6.07, 6.45) is 2.16. The Hall–Kier alpha value is -1.10. The van der Waals surface area contributed by atoms with Crippen molar-refractivity contribution in [1.29, 1.82) is 0 Å². The summed E-state index contributed by atoms with van der Waals surface area (Å²) in [4.78, 5) is 27.3. The zero-order chi connectivity index (χ0) is 14.3. The van der Waals surface area contributed by atoms with Crippen LogP contribution in [0.4, 0.5) is 0 Å². The molecule has 1 rings (SSSR count). The van der Waals surface area contributed by atoms with Gasteiger partial charge >= 0.3 is 5.97 Å². The van der Waals surface area contributed by atoms with Crippen LogP contribution in [0.5, 0.6) is 0 Å². The Labute approximate surface area is 115 Å². The molecule has 110 valence electrons. The maximum atomic E-state index is 12.1. The largest absolute Gasteiger partial charge is 0.465 e. The highest BCUT2D eigenvalue weighted by Gasteiger charge is 2.22. The number of rotatable bonds is 6. The molecule has 0 spiro atoms. The van der Waals surface area contributed by atoms with Gasteiger partial charge < -0.3 is 9.64 Å². The number of hydrogen-bond donors (Lipinski definition) is 0. The van der Waals surface area contributed by atoms with Crippen LogP contribution in [0, 0.1) is 5.92 Å². The molecule has 5 heteroatoms. The SMILES string of the molecule is CCOC(=O)CN(CC)CC(=O)N1CCC(C)CC1. The topological polar surface area (TPSA) is 49.9 Å². The highest BCUT2D eigenvalue weighted by molar-refractivity contribution is 5.79. The third-order valence-corrected chi connectivity index (χ3v) is 3.60. The molecule has 0 aliphatic carbocycles. The third kappa shape index (κ3) is 5.59. The van der Waals surface area contributed by atoms with Gasteiger partial charge in [0.15, 0.2) is 0 Å². The molecular formula is C14H26N2O3. The van der Waals surface area contributed by atoms with Crippen LogP contribution in [0.2, 0.25) is 0 Å². The number of ether oxygens (including phenoxy) is 1. The van der Waals surface area contributed by atoms with E-state index in [1.807, 2.05) is 16.7 Å². The lowest BCUT2D eigenvalue weighted by molar-refractivity contribution is -0.145. The molecule has 1 aliphatic rings. The Morgan fingerprint density at radius 2 is 1.84 bits per heavy atom. The van der Waals surface area contributed by atoms with Gasteiger partial charge in [-0.25, -0.2) is 0 Å². The van der Waals surface area contributed by atoms with E-state index in [-0.39, 0.29) is 18.4 Å². The maximum Gasteiger partial charge on any atom is 0.320 e. The van der Waals surface area contributed by atoms with Crippen molar-refractivity contribution in [3.05, 3.63) is 0 Å². The van der Waals surface area contributed by atoms with E-state index < -0.39 is 0 Å². The van der Waals surface area contributed by atoms with Crippen LogP contribution in [-0.2, 0) is 14.3 Å². The van der Waals surface area contributed by atoms with Crippen molar-refractivity contribution in [2.24, 2.45) is 5.92 Å². The van der Waals surface area contributed by atoms with E-state index in [0.717, 1.165) is 25.9 Å². The lowest BCUT2D eigenvalue weighted by atomic mass is 9.99. The lowest BCUT2D eigenvalue weighted by Crippen LogP contribution is -2.45. The fraction of sp³-hybridized carbons (Fsp3) is 0.857. The first kappa shape index (κ1) is 16.0. The van der Waals surface area contributed by atoms with Crippen LogP contribution < -0.4 is 0 Å². The predicted molar refractivity (Wildman–Crippen MR) is 73.7 cm³/mol. The summed E-state index contributed by atoms with van der Waals surface area (Å²) < 4.78 is 4.91. The molecule has 0 aromatic rings. The summed E-state index contributed by atoms with van der Waals surface area (Å²) in [6, 6.07) is 0. The molecule has 5 nitrogen and oxygen atoms in total. The summed E-state index contributed by atoms with van der Waals surface area (Å²) in [5.41, 5.74) is 0. The van der Waals surface area contributed by atoms with Gasteiger partial charge in [-0.15, -0.1) is 0 Å². The third-order valence-electron chi connectivity index (χ3n) is 3.60. The molecule has 1 saturated heterocycles. The van der Waals surface area contributed by atoms with E-state index >= 15 is 0 Å². The molecule has 0 saturated carbocycles. The van der Waals surface area contributed by atoms with Crippen molar-refractivity contribution in [2.45, 2.75) is 33.6 Å². The molecule has 19 heavy (non-hydrogen) atoms. The normalized spacial score (nSPS) is 16.7. The number of likely N-dealkylation sites (N-methyl/N-ethyl adjacent to an activating group) is 1. The zero-order valence-electron chi connectivity index (χ0n) is 12.4. The number of nitrogens with zero attached hydrogens (tertiary/aromatic N) is 2. The molecule has 1 fully saturated rings. The average molecular weight is 270 g/mol. The second-order valence-electron chi connectivity index (χ2n) is 5.17. The minimum Gasteiger partial charge on any atom is -0.465 e. The van der Waals surface area contributed by atoms with Crippen molar-refractivity contribution >= 4 is 11.9 Å². The summed E-state index contributed by atoms with van der Waals surface area (Å²) in [5, 5.41) is 0. The van der Waals surface area contributed by atoms with Crippen LogP contribution in [-0.4, -0.2) is 61.0 Å². The minimum absolute atomic E-state index is 0.123. The molecule has 0 radical (unpaired) electrons. The minimum atomic E-state index is -0.260. The molecular weight excluding hydrogens is 244 g/mol. The fourth-order valence-electron chi connectivity index (χ4n) is 2.22. The van der Waals surface area contributed by atoms with E-state index in [1.165, 1.54) is 0 Å². The fourth-order valence-corrected chi connectivity index (χ4v) is 2.22. The first-order valence-electron chi connectivity index (χ1n) is 7.22. The van der Waals surface area contributed by atoms with Gasteiger partial charge in [0.1, 0.15) is 0 Å². The number of amides is 1. The molecule has 0 aromatic carbocycles. The molecule has 0 aromatic heterocycles.